The molecule has 1 aromatic carbocycles. The topological polar surface area (TPSA) is 55.6 Å². The lowest BCUT2D eigenvalue weighted by Crippen LogP contribution is -2.45. The third-order valence-corrected chi connectivity index (χ3v) is 4.16. The number of nitrogens with zero attached hydrogens (tertiary/aromatic N) is 2. The van der Waals surface area contributed by atoms with Gasteiger partial charge in [-0.2, -0.15) is 0 Å². The van der Waals surface area contributed by atoms with Crippen molar-refractivity contribution in [2.75, 3.05) is 18.0 Å². The summed E-state index contributed by atoms with van der Waals surface area (Å²) < 4.78 is 7.13. The molecule has 5 nitrogen and oxygen atoms in total. The molecule has 2 rings (SSSR count). The van der Waals surface area contributed by atoms with Crippen molar-refractivity contribution in [3.8, 4) is 0 Å². The van der Waals surface area contributed by atoms with Crippen molar-refractivity contribution < 1.29 is 9.66 Å². The average Bonchev–Trinajstić information content (AvgIpc) is 2.26. The van der Waals surface area contributed by atoms with Gasteiger partial charge in [0, 0.05) is 34.2 Å². The maximum absolute atomic E-state index is 10.8. The van der Waals surface area contributed by atoms with Crippen molar-refractivity contribution in [2.24, 2.45) is 0 Å². The van der Waals surface area contributed by atoms with Gasteiger partial charge < -0.3 is 9.64 Å². The number of hydrogen-bond acceptors (Lipinski definition) is 4. The van der Waals surface area contributed by atoms with Crippen LogP contribution in [0.5, 0.6) is 0 Å². The van der Waals surface area contributed by atoms with Gasteiger partial charge >= 0.3 is 0 Å². The van der Waals surface area contributed by atoms with E-state index in [0.717, 1.165) is 27.7 Å². The molecule has 1 aliphatic rings. The summed E-state index contributed by atoms with van der Waals surface area (Å²) >= 11 is 6.85. The van der Waals surface area contributed by atoms with E-state index >= 15 is 0 Å². The van der Waals surface area contributed by atoms with Gasteiger partial charge in [0.1, 0.15) is 0 Å². The Kier molecular flexibility index (Phi) is 4.47. The normalized spacial score (nSPS) is 23.5. The van der Waals surface area contributed by atoms with Crippen LogP contribution in [0, 0.1) is 10.1 Å². The maximum Gasteiger partial charge on any atom is 0.271 e. The van der Waals surface area contributed by atoms with Gasteiger partial charge in [-0.05, 0) is 45.7 Å². The van der Waals surface area contributed by atoms with E-state index in [4.69, 9.17) is 4.74 Å². The average molecular weight is 394 g/mol. The molecule has 1 saturated heterocycles. The molecule has 1 aromatic rings. The second-order valence-electron chi connectivity index (χ2n) is 4.68. The number of halogens is 2. The monoisotopic (exact) mass is 392 g/mol. The first-order valence-corrected chi connectivity index (χ1v) is 7.51. The Morgan fingerprint density at radius 3 is 2.16 bits per heavy atom. The molecule has 1 fully saturated rings. The van der Waals surface area contributed by atoms with Crippen molar-refractivity contribution in [1.29, 1.82) is 0 Å². The molecule has 19 heavy (non-hydrogen) atoms. The van der Waals surface area contributed by atoms with Crippen LogP contribution in [-0.4, -0.2) is 30.2 Å². The van der Waals surface area contributed by atoms with Gasteiger partial charge in [-0.1, -0.05) is 0 Å². The van der Waals surface area contributed by atoms with Gasteiger partial charge in [0.2, 0.25) is 0 Å². The van der Waals surface area contributed by atoms with E-state index in [-0.39, 0.29) is 17.9 Å². The van der Waals surface area contributed by atoms with E-state index in [2.05, 4.69) is 36.8 Å². The summed E-state index contributed by atoms with van der Waals surface area (Å²) in [7, 11) is 0. The van der Waals surface area contributed by atoms with Gasteiger partial charge in [0.25, 0.3) is 5.69 Å². The van der Waals surface area contributed by atoms with E-state index in [1.807, 2.05) is 13.8 Å². The summed E-state index contributed by atoms with van der Waals surface area (Å²) in [5.41, 5.74) is 1.00. The summed E-state index contributed by atoms with van der Waals surface area (Å²) in [5.74, 6) is 0. The van der Waals surface area contributed by atoms with Crippen molar-refractivity contribution in [2.45, 2.75) is 26.1 Å². The van der Waals surface area contributed by atoms with Gasteiger partial charge in [-0.3, -0.25) is 10.1 Å². The molecule has 1 aliphatic heterocycles. The molecule has 0 aliphatic carbocycles. The molecule has 0 amide bonds. The Morgan fingerprint density at radius 2 is 1.74 bits per heavy atom. The minimum atomic E-state index is -0.399. The van der Waals surface area contributed by atoms with E-state index in [1.54, 1.807) is 0 Å². The minimum absolute atomic E-state index is 0.0665. The third kappa shape index (κ3) is 3.27. The highest BCUT2D eigenvalue weighted by molar-refractivity contribution is 9.11. The molecular formula is C12H14Br2N2O3. The van der Waals surface area contributed by atoms with Crippen molar-refractivity contribution >= 4 is 43.2 Å². The molecule has 7 heteroatoms. The largest absolute Gasteiger partial charge is 0.372 e. The molecule has 1 heterocycles. The fourth-order valence-electron chi connectivity index (χ4n) is 2.32. The number of benzene rings is 1. The molecule has 0 saturated carbocycles. The lowest BCUT2D eigenvalue weighted by atomic mass is 10.2. The van der Waals surface area contributed by atoms with Gasteiger partial charge in [-0.15, -0.1) is 0 Å². The van der Waals surface area contributed by atoms with Crippen LogP contribution in [0.15, 0.2) is 21.1 Å². The SMILES string of the molecule is C[C@@H]1CN(c2c(Br)cc([N+](=O)[O-])cc2Br)C[C@H](C)O1. The first-order valence-electron chi connectivity index (χ1n) is 5.92. The second-order valence-corrected chi connectivity index (χ2v) is 6.39. The summed E-state index contributed by atoms with van der Waals surface area (Å²) in [4.78, 5) is 12.6. The smallest absolute Gasteiger partial charge is 0.271 e. The van der Waals surface area contributed by atoms with E-state index in [0.29, 0.717) is 0 Å². The second kappa shape index (κ2) is 5.76. The van der Waals surface area contributed by atoms with Crippen LogP contribution < -0.4 is 4.90 Å². The molecule has 0 radical (unpaired) electrons. The lowest BCUT2D eigenvalue weighted by molar-refractivity contribution is -0.385. The van der Waals surface area contributed by atoms with Crippen LogP contribution >= 0.6 is 31.9 Å². The highest BCUT2D eigenvalue weighted by atomic mass is 79.9. The molecule has 2 atom stereocenters. The fourth-order valence-corrected chi connectivity index (χ4v) is 3.98. The predicted molar refractivity (Wildman–Crippen MR) is 80.7 cm³/mol. The Bertz CT molecular complexity index is 477. The van der Waals surface area contributed by atoms with E-state index in [1.165, 1.54) is 12.1 Å². The van der Waals surface area contributed by atoms with E-state index < -0.39 is 4.92 Å². The number of hydrogen-bond donors (Lipinski definition) is 0. The summed E-state index contributed by atoms with van der Waals surface area (Å²) in [6, 6.07) is 3.07. The number of morpholine rings is 1. The van der Waals surface area contributed by atoms with Crippen molar-refractivity contribution in [3.05, 3.63) is 31.2 Å². The molecule has 0 aromatic heterocycles. The van der Waals surface area contributed by atoms with Crippen molar-refractivity contribution in [3.63, 3.8) is 0 Å². The van der Waals surface area contributed by atoms with Crippen LogP contribution in [0.4, 0.5) is 11.4 Å². The highest BCUT2D eigenvalue weighted by Gasteiger charge is 2.26. The number of rotatable bonds is 2. The Labute approximate surface area is 128 Å². The van der Waals surface area contributed by atoms with Crippen LogP contribution in [0.25, 0.3) is 0 Å². The molecule has 0 spiro atoms. The number of ether oxygens (including phenoxy) is 1. The van der Waals surface area contributed by atoms with E-state index in [9.17, 15) is 10.1 Å². The highest BCUT2D eigenvalue weighted by Crippen LogP contribution is 2.38. The van der Waals surface area contributed by atoms with Gasteiger partial charge in [-0.25, -0.2) is 0 Å². The zero-order chi connectivity index (χ0) is 14.2. The van der Waals surface area contributed by atoms with Gasteiger partial charge in [0.05, 0.1) is 22.8 Å². The van der Waals surface area contributed by atoms with Crippen LogP contribution in [0.2, 0.25) is 0 Å². The summed E-state index contributed by atoms with van der Waals surface area (Å²) in [5, 5.41) is 10.8. The minimum Gasteiger partial charge on any atom is -0.372 e. The number of non-ortho nitro benzene ring substituents is 1. The number of nitro groups is 1. The first kappa shape index (κ1) is 14.7. The Balaban J connectivity index is 2.37. The standard InChI is InChI=1S/C12H14Br2N2O3/c1-7-5-15(6-8(2)19-7)12-10(13)3-9(16(17)18)4-11(12)14/h3-4,7-8H,5-6H2,1-2H3/t7-,8+. The predicted octanol–water partition coefficient (Wildman–Crippen LogP) is 3.73. The molecule has 0 N–H and O–H groups in total. The lowest BCUT2D eigenvalue weighted by Gasteiger charge is -2.37. The molecule has 0 bridgehead atoms. The molecular weight excluding hydrogens is 380 g/mol. The Hall–Kier alpha value is -0.660. The fraction of sp³-hybridized carbons (Fsp3) is 0.500. The first-order chi connectivity index (χ1) is 8.88. The van der Waals surface area contributed by atoms with Crippen LogP contribution in [0.3, 0.4) is 0 Å². The summed E-state index contributed by atoms with van der Waals surface area (Å²) in [6.45, 7) is 5.57. The maximum atomic E-state index is 10.8. The van der Waals surface area contributed by atoms with Crippen LogP contribution in [0.1, 0.15) is 13.8 Å². The number of anilines is 1. The Morgan fingerprint density at radius 1 is 1.26 bits per heavy atom. The zero-order valence-electron chi connectivity index (χ0n) is 10.6. The van der Waals surface area contributed by atoms with Gasteiger partial charge in [0.15, 0.2) is 0 Å². The van der Waals surface area contributed by atoms with Crippen molar-refractivity contribution in [1.82, 2.24) is 0 Å². The summed E-state index contributed by atoms with van der Waals surface area (Å²) in [6.07, 6.45) is 0.274. The third-order valence-electron chi connectivity index (χ3n) is 2.95. The number of nitro benzene ring substituents is 1. The molecule has 0 unspecified atom stereocenters. The molecule has 104 valence electrons. The quantitative estimate of drug-likeness (QED) is 0.567. The zero-order valence-corrected chi connectivity index (χ0v) is 13.8. The van der Waals surface area contributed by atoms with Crippen LogP contribution in [-0.2, 0) is 4.74 Å².